The van der Waals surface area contributed by atoms with Crippen molar-refractivity contribution in [1.29, 1.82) is 0 Å². The van der Waals surface area contributed by atoms with Gasteiger partial charge >= 0.3 is 0 Å². The number of nitrogens with zero attached hydrogens (tertiary/aromatic N) is 1. The third kappa shape index (κ3) is 2.29. The lowest BCUT2D eigenvalue weighted by molar-refractivity contribution is -0.153. The average molecular weight is 275 g/mol. The maximum Gasteiger partial charge on any atom is 0.231 e. The van der Waals surface area contributed by atoms with Crippen molar-refractivity contribution < 1.29 is 14.3 Å². The summed E-state index contributed by atoms with van der Waals surface area (Å²) < 4.78 is 11.0. The van der Waals surface area contributed by atoms with E-state index in [9.17, 15) is 4.79 Å². The van der Waals surface area contributed by atoms with E-state index >= 15 is 0 Å². The maximum absolute atomic E-state index is 12.6. The molecule has 4 heteroatoms. The van der Waals surface area contributed by atoms with Crippen molar-refractivity contribution in [1.82, 2.24) is 4.90 Å². The number of para-hydroxylation sites is 1. The second-order valence-electron chi connectivity index (χ2n) is 5.84. The van der Waals surface area contributed by atoms with Gasteiger partial charge in [0.05, 0.1) is 31.7 Å². The number of carbonyl (C=O) groups excluding carboxylic acids is 1. The van der Waals surface area contributed by atoms with Gasteiger partial charge in [-0.2, -0.15) is 0 Å². The number of amides is 1. The molecule has 4 nitrogen and oxygen atoms in total. The minimum atomic E-state index is 0.0292. The largest absolute Gasteiger partial charge is 0.491 e. The van der Waals surface area contributed by atoms with Crippen LogP contribution in [0.4, 0.5) is 0 Å². The summed E-state index contributed by atoms with van der Waals surface area (Å²) in [7, 11) is 0. The molecule has 108 valence electrons. The van der Waals surface area contributed by atoms with Crippen molar-refractivity contribution in [3.05, 3.63) is 29.8 Å². The number of ether oxygens (including phenoxy) is 2. The van der Waals surface area contributed by atoms with Gasteiger partial charge in [0.25, 0.3) is 0 Å². The number of carbonyl (C=O) groups is 1. The lowest BCUT2D eigenvalue weighted by Gasteiger charge is -2.37. The lowest BCUT2D eigenvalue weighted by Crippen LogP contribution is -2.47. The van der Waals surface area contributed by atoms with Crippen LogP contribution in [0.25, 0.3) is 0 Å². The molecule has 1 aromatic carbocycles. The van der Waals surface area contributed by atoms with E-state index in [4.69, 9.17) is 9.47 Å². The van der Waals surface area contributed by atoms with Crippen molar-refractivity contribution in [3.8, 4) is 5.75 Å². The monoisotopic (exact) mass is 275 g/mol. The molecule has 0 N–H and O–H groups in total. The van der Waals surface area contributed by atoms with Gasteiger partial charge in [-0.05, 0) is 12.0 Å². The third-order valence-electron chi connectivity index (χ3n) is 4.07. The first-order valence-corrected chi connectivity index (χ1v) is 7.28. The van der Waals surface area contributed by atoms with Crippen molar-refractivity contribution in [2.24, 2.45) is 11.8 Å². The van der Waals surface area contributed by atoms with E-state index in [-0.39, 0.29) is 17.9 Å². The Labute approximate surface area is 119 Å². The molecule has 20 heavy (non-hydrogen) atoms. The van der Waals surface area contributed by atoms with Gasteiger partial charge in [-0.3, -0.25) is 4.79 Å². The number of benzene rings is 1. The van der Waals surface area contributed by atoms with E-state index < -0.39 is 0 Å². The second kappa shape index (κ2) is 5.44. The molecule has 0 bridgehead atoms. The zero-order valence-corrected chi connectivity index (χ0v) is 12.0. The molecular weight excluding hydrogens is 254 g/mol. The van der Waals surface area contributed by atoms with Gasteiger partial charge in [-0.15, -0.1) is 0 Å². The Morgan fingerprint density at radius 1 is 1.30 bits per heavy atom. The predicted octanol–water partition coefficient (Wildman–Crippen LogP) is 2.25. The fourth-order valence-electron chi connectivity index (χ4n) is 3.00. The van der Waals surface area contributed by atoms with Gasteiger partial charge in [-0.25, -0.2) is 0 Å². The summed E-state index contributed by atoms with van der Waals surface area (Å²) in [6, 6.07) is 8.14. The summed E-state index contributed by atoms with van der Waals surface area (Å²) in [5.74, 6) is 1.49. The van der Waals surface area contributed by atoms with E-state index in [0.717, 1.165) is 11.3 Å². The fourth-order valence-corrected chi connectivity index (χ4v) is 3.00. The van der Waals surface area contributed by atoms with E-state index in [1.54, 1.807) is 0 Å². The van der Waals surface area contributed by atoms with Crippen LogP contribution in [0, 0.1) is 11.8 Å². The van der Waals surface area contributed by atoms with Gasteiger partial charge in [0.15, 0.2) is 0 Å². The first-order chi connectivity index (χ1) is 9.68. The molecule has 0 spiro atoms. The van der Waals surface area contributed by atoms with E-state index in [1.807, 2.05) is 23.1 Å². The van der Waals surface area contributed by atoms with E-state index in [0.29, 0.717) is 32.3 Å². The number of hydrogen-bond acceptors (Lipinski definition) is 3. The molecule has 1 saturated heterocycles. The SMILES string of the molecule is CC(C)[C@@H]1c2ccccc2OCCN1C(=O)C1COC1. The molecule has 0 aliphatic carbocycles. The molecular formula is C16H21NO3. The highest BCUT2D eigenvalue weighted by atomic mass is 16.5. The van der Waals surface area contributed by atoms with Crippen LogP contribution in [0.2, 0.25) is 0 Å². The first kappa shape index (κ1) is 13.4. The van der Waals surface area contributed by atoms with Crippen LogP contribution in [0.15, 0.2) is 24.3 Å². The van der Waals surface area contributed by atoms with Crippen LogP contribution in [0.3, 0.4) is 0 Å². The van der Waals surface area contributed by atoms with Gasteiger partial charge in [0.1, 0.15) is 12.4 Å². The van der Waals surface area contributed by atoms with Gasteiger partial charge in [0, 0.05) is 5.56 Å². The van der Waals surface area contributed by atoms with Crippen molar-refractivity contribution in [3.63, 3.8) is 0 Å². The minimum Gasteiger partial charge on any atom is -0.491 e. The molecule has 2 aliphatic heterocycles. The van der Waals surface area contributed by atoms with Crippen LogP contribution >= 0.6 is 0 Å². The topological polar surface area (TPSA) is 38.8 Å². The summed E-state index contributed by atoms with van der Waals surface area (Å²) in [5.41, 5.74) is 1.12. The fraction of sp³-hybridized carbons (Fsp3) is 0.562. The Hall–Kier alpha value is -1.55. The molecule has 1 fully saturated rings. The van der Waals surface area contributed by atoms with Crippen LogP contribution in [-0.2, 0) is 9.53 Å². The summed E-state index contributed by atoms with van der Waals surface area (Å²) in [5, 5.41) is 0. The molecule has 0 aromatic heterocycles. The van der Waals surface area contributed by atoms with E-state index in [2.05, 4.69) is 19.9 Å². The summed E-state index contributed by atoms with van der Waals surface area (Å²) >= 11 is 0. The number of rotatable bonds is 2. The molecule has 0 saturated carbocycles. The number of fused-ring (bicyclic) bond motifs is 1. The predicted molar refractivity (Wildman–Crippen MR) is 75.5 cm³/mol. The highest BCUT2D eigenvalue weighted by Gasteiger charge is 2.37. The Kier molecular flexibility index (Phi) is 3.66. The third-order valence-corrected chi connectivity index (χ3v) is 4.07. The van der Waals surface area contributed by atoms with Crippen LogP contribution < -0.4 is 4.74 Å². The molecule has 0 radical (unpaired) electrons. The molecule has 3 rings (SSSR count). The van der Waals surface area contributed by atoms with Crippen LogP contribution in [0.5, 0.6) is 5.75 Å². The minimum absolute atomic E-state index is 0.0292. The average Bonchev–Trinajstić information content (AvgIpc) is 2.55. The zero-order chi connectivity index (χ0) is 14.1. The van der Waals surface area contributed by atoms with Crippen LogP contribution in [-0.4, -0.2) is 37.2 Å². The summed E-state index contributed by atoms with van der Waals surface area (Å²) in [4.78, 5) is 14.6. The van der Waals surface area contributed by atoms with Crippen molar-refractivity contribution in [2.45, 2.75) is 19.9 Å². The zero-order valence-electron chi connectivity index (χ0n) is 12.0. The summed E-state index contributed by atoms with van der Waals surface area (Å²) in [6.45, 7) is 6.63. The van der Waals surface area contributed by atoms with Crippen molar-refractivity contribution in [2.75, 3.05) is 26.4 Å². The molecule has 1 aromatic rings. The Balaban J connectivity index is 1.95. The van der Waals surface area contributed by atoms with Gasteiger partial charge in [0.2, 0.25) is 5.91 Å². The van der Waals surface area contributed by atoms with Gasteiger partial charge < -0.3 is 14.4 Å². The Bertz CT molecular complexity index is 496. The number of hydrogen-bond donors (Lipinski definition) is 0. The molecule has 0 unspecified atom stereocenters. The van der Waals surface area contributed by atoms with E-state index in [1.165, 1.54) is 0 Å². The van der Waals surface area contributed by atoms with Gasteiger partial charge in [-0.1, -0.05) is 32.0 Å². The maximum atomic E-state index is 12.6. The molecule has 2 heterocycles. The smallest absolute Gasteiger partial charge is 0.231 e. The lowest BCUT2D eigenvalue weighted by atomic mass is 9.92. The summed E-state index contributed by atoms with van der Waals surface area (Å²) in [6.07, 6.45) is 0. The normalized spacial score (nSPS) is 22.8. The Morgan fingerprint density at radius 3 is 2.70 bits per heavy atom. The highest BCUT2D eigenvalue weighted by molar-refractivity contribution is 5.80. The molecule has 1 atom stereocenters. The quantitative estimate of drug-likeness (QED) is 0.831. The van der Waals surface area contributed by atoms with Crippen molar-refractivity contribution >= 4 is 5.91 Å². The second-order valence-corrected chi connectivity index (χ2v) is 5.84. The first-order valence-electron chi connectivity index (χ1n) is 7.28. The molecule has 1 amide bonds. The molecule has 2 aliphatic rings. The highest BCUT2D eigenvalue weighted by Crippen LogP contribution is 2.37. The Morgan fingerprint density at radius 2 is 2.05 bits per heavy atom. The standard InChI is InChI=1S/C16H21NO3/c1-11(2)15-13-5-3-4-6-14(13)20-8-7-17(15)16(18)12-9-19-10-12/h3-6,11-12,15H,7-10H2,1-2H3/t15-/m1/s1. The van der Waals surface area contributed by atoms with Crippen LogP contribution in [0.1, 0.15) is 25.5 Å².